The van der Waals surface area contributed by atoms with E-state index in [1.165, 1.54) is 18.3 Å². The summed E-state index contributed by atoms with van der Waals surface area (Å²) in [6.07, 6.45) is 2.58. The lowest BCUT2D eigenvalue weighted by molar-refractivity contribution is 0.0728. The van der Waals surface area contributed by atoms with E-state index in [0.29, 0.717) is 35.9 Å². The maximum Gasteiger partial charge on any atom is 0.255 e. The molecule has 6 heteroatoms. The van der Waals surface area contributed by atoms with E-state index in [0.717, 1.165) is 30.2 Å². The quantitative estimate of drug-likeness (QED) is 0.774. The van der Waals surface area contributed by atoms with Crippen molar-refractivity contribution in [2.75, 3.05) is 6.54 Å². The number of aryl methyl sites for hydroxylation is 1. The molecular weight excluding hydrogens is 324 g/mol. The molecule has 0 unspecified atom stereocenters. The Morgan fingerprint density at radius 2 is 2.21 bits per heavy atom. The van der Waals surface area contributed by atoms with E-state index < -0.39 is 0 Å². The minimum absolute atomic E-state index is 0.00808. The van der Waals surface area contributed by atoms with Gasteiger partial charge >= 0.3 is 0 Å². The first-order chi connectivity index (χ1) is 11.4. The molecule has 1 amide bonds. The zero-order valence-corrected chi connectivity index (χ0v) is 15.1. The summed E-state index contributed by atoms with van der Waals surface area (Å²) < 4.78 is 5.83. The molecule has 3 heterocycles. The van der Waals surface area contributed by atoms with Crippen molar-refractivity contribution in [1.29, 1.82) is 0 Å². The molecule has 0 saturated carbocycles. The number of carbonyl (C=O) groups excluding carboxylic acids is 2. The fourth-order valence-electron chi connectivity index (χ4n) is 2.76. The summed E-state index contributed by atoms with van der Waals surface area (Å²) in [5, 5.41) is 1.76. The molecule has 2 aromatic rings. The standard InChI is InChI=1S/C18H22N2O3S/c1-11(2)4-5-17-19-14-9-20(7-6-15(14)23-17)18(22)13-8-16(12(3)21)24-10-13/h8,10-11H,4-7,9H2,1-3H3. The van der Waals surface area contributed by atoms with E-state index >= 15 is 0 Å². The lowest BCUT2D eigenvalue weighted by Gasteiger charge is -2.24. The topological polar surface area (TPSA) is 63.4 Å². The molecule has 1 aliphatic rings. The van der Waals surface area contributed by atoms with E-state index in [9.17, 15) is 9.59 Å². The summed E-state index contributed by atoms with van der Waals surface area (Å²) >= 11 is 1.32. The Morgan fingerprint density at radius 3 is 2.88 bits per heavy atom. The van der Waals surface area contributed by atoms with Crippen molar-refractivity contribution in [1.82, 2.24) is 9.88 Å². The molecule has 0 radical (unpaired) electrons. The molecule has 1 aliphatic heterocycles. The molecule has 24 heavy (non-hydrogen) atoms. The monoisotopic (exact) mass is 346 g/mol. The summed E-state index contributed by atoms with van der Waals surface area (Å²) in [6.45, 7) is 6.97. The Kier molecular flexibility index (Phi) is 4.85. The van der Waals surface area contributed by atoms with Crippen molar-refractivity contribution in [3.63, 3.8) is 0 Å². The average molecular weight is 346 g/mol. The van der Waals surface area contributed by atoms with Gasteiger partial charge in [0.1, 0.15) is 11.5 Å². The molecule has 0 bridgehead atoms. The van der Waals surface area contributed by atoms with E-state index in [1.807, 2.05) is 0 Å². The zero-order chi connectivity index (χ0) is 17.3. The Bertz CT molecular complexity index is 760. The Hall–Kier alpha value is -1.95. The van der Waals surface area contributed by atoms with E-state index in [2.05, 4.69) is 18.8 Å². The van der Waals surface area contributed by atoms with Crippen LogP contribution in [-0.2, 0) is 19.4 Å². The number of carbonyl (C=O) groups is 2. The van der Waals surface area contributed by atoms with Crippen molar-refractivity contribution in [2.24, 2.45) is 5.92 Å². The summed E-state index contributed by atoms with van der Waals surface area (Å²) in [7, 11) is 0. The van der Waals surface area contributed by atoms with Crippen LogP contribution in [0.3, 0.4) is 0 Å². The van der Waals surface area contributed by atoms with Gasteiger partial charge in [-0.3, -0.25) is 9.59 Å². The molecule has 0 aliphatic carbocycles. The van der Waals surface area contributed by atoms with Crippen molar-refractivity contribution >= 4 is 23.0 Å². The molecule has 0 atom stereocenters. The zero-order valence-electron chi connectivity index (χ0n) is 14.3. The third-order valence-corrected chi connectivity index (χ3v) is 5.22. The molecule has 0 fully saturated rings. The largest absolute Gasteiger partial charge is 0.445 e. The maximum atomic E-state index is 12.6. The number of ketones is 1. The highest BCUT2D eigenvalue weighted by Gasteiger charge is 2.26. The number of aromatic nitrogens is 1. The Labute approximate surface area is 145 Å². The van der Waals surface area contributed by atoms with Crippen LogP contribution in [0.4, 0.5) is 0 Å². The van der Waals surface area contributed by atoms with Crippen molar-refractivity contribution in [3.05, 3.63) is 39.2 Å². The molecule has 0 saturated heterocycles. The van der Waals surface area contributed by atoms with Crippen LogP contribution in [0.1, 0.15) is 64.6 Å². The van der Waals surface area contributed by atoms with Gasteiger partial charge in [-0.05, 0) is 25.3 Å². The molecule has 0 spiro atoms. The Morgan fingerprint density at radius 1 is 1.42 bits per heavy atom. The van der Waals surface area contributed by atoms with E-state index in [1.54, 1.807) is 16.3 Å². The fraction of sp³-hybridized carbons (Fsp3) is 0.500. The van der Waals surface area contributed by atoms with Crippen LogP contribution in [0.25, 0.3) is 0 Å². The SMILES string of the molecule is CC(=O)c1cc(C(=O)N2CCc3oc(CCC(C)C)nc3C2)cs1. The van der Waals surface area contributed by atoms with Crippen molar-refractivity contribution < 1.29 is 14.0 Å². The maximum absolute atomic E-state index is 12.6. The van der Waals surface area contributed by atoms with Crippen LogP contribution >= 0.6 is 11.3 Å². The highest BCUT2D eigenvalue weighted by atomic mass is 32.1. The van der Waals surface area contributed by atoms with Crippen LogP contribution in [0.5, 0.6) is 0 Å². The highest BCUT2D eigenvalue weighted by Crippen LogP contribution is 2.24. The van der Waals surface area contributed by atoms with Crippen molar-refractivity contribution in [2.45, 2.75) is 46.6 Å². The summed E-state index contributed by atoms with van der Waals surface area (Å²) in [5.41, 5.74) is 1.45. The van der Waals surface area contributed by atoms with E-state index in [4.69, 9.17) is 4.42 Å². The number of rotatable bonds is 5. The van der Waals surface area contributed by atoms with Crippen LogP contribution in [-0.4, -0.2) is 28.1 Å². The minimum Gasteiger partial charge on any atom is -0.445 e. The smallest absolute Gasteiger partial charge is 0.255 e. The molecule has 0 aromatic carbocycles. The van der Waals surface area contributed by atoms with Crippen molar-refractivity contribution in [3.8, 4) is 0 Å². The third-order valence-electron chi connectivity index (χ3n) is 4.19. The number of oxazole rings is 1. The lowest BCUT2D eigenvalue weighted by atomic mass is 10.1. The van der Waals surface area contributed by atoms with Gasteiger partial charge in [-0.15, -0.1) is 11.3 Å². The highest BCUT2D eigenvalue weighted by molar-refractivity contribution is 7.12. The van der Waals surface area contributed by atoms with Gasteiger partial charge in [0.15, 0.2) is 11.7 Å². The molecule has 128 valence electrons. The summed E-state index contributed by atoms with van der Waals surface area (Å²) in [4.78, 5) is 31.0. The third kappa shape index (κ3) is 3.59. The summed E-state index contributed by atoms with van der Waals surface area (Å²) in [5.74, 6) is 2.24. The second-order valence-electron chi connectivity index (χ2n) is 6.64. The second kappa shape index (κ2) is 6.89. The number of nitrogens with zero attached hydrogens (tertiary/aromatic N) is 2. The van der Waals surface area contributed by atoms with Gasteiger partial charge in [0.05, 0.1) is 17.0 Å². The average Bonchev–Trinajstić information content (AvgIpc) is 3.18. The Balaban J connectivity index is 1.69. The number of Topliss-reactive ketones (excluding diaryl/α,β-unsaturated/α-hetero) is 1. The first-order valence-electron chi connectivity index (χ1n) is 8.30. The minimum atomic E-state index is -0.0452. The van der Waals surface area contributed by atoms with Gasteiger partial charge in [-0.2, -0.15) is 0 Å². The van der Waals surface area contributed by atoms with Gasteiger partial charge in [0.2, 0.25) is 0 Å². The van der Waals surface area contributed by atoms with Gasteiger partial charge in [-0.25, -0.2) is 4.98 Å². The number of hydrogen-bond donors (Lipinski definition) is 0. The number of amides is 1. The van der Waals surface area contributed by atoms with Crippen LogP contribution in [0, 0.1) is 5.92 Å². The molecule has 3 rings (SSSR count). The molecule has 0 N–H and O–H groups in total. The molecule has 2 aromatic heterocycles. The van der Waals surface area contributed by atoms with Gasteiger partial charge in [0.25, 0.3) is 5.91 Å². The second-order valence-corrected chi connectivity index (χ2v) is 7.55. The van der Waals surface area contributed by atoms with Gasteiger partial charge in [0, 0.05) is 24.8 Å². The van der Waals surface area contributed by atoms with Crippen LogP contribution < -0.4 is 0 Å². The van der Waals surface area contributed by atoms with E-state index in [-0.39, 0.29) is 11.7 Å². The van der Waals surface area contributed by atoms with Crippen LogP contribution in [0.2, 0.25) is 0 Å². The fourth-order valence-corrected chi connectivity index (χ4v) is 3.54. The number of thiophene rings is 1. The van der Waals surface area contributed by atoms with Crippen LogP contribution in [0.15, 0.2) is 15.9 Å². The molecular formula is C18H22N2O3S. The number of fused-ring (bicyclic) bond motifs is 1. The molecule has 5 nitrogen and oxygen atoms in total. The first-order valence-corrected chi connectivity index (χ1v) is 9.18. The normalized spacial score (nSPS) is 14.1. The predicted molar refractivity (Wildman–Crippen MR) is 92.4 cm³/mol. The number of hydrogen-bond acceptors (Lipinski definition) is 5. The van der Waals surface area contributed by atoms with Gasteiger partial charge < -0.3 is 9.32 Å². The predicted octanol–water partition coefficient (Wildman–Crippen LogP) is 3.73. The lowest BCUT2D eigenvalue weighted by Crippen LogP contribution is -2.35. The first kappa shape index (κ1) is 16.9. The summed E-state index contributed by atoms with van der Waals surface area (Å²) in [6, 6.07) is 1.68. The van der Waals surface area contributed by atoms with Gasteiger partial charge in [-0.1, -0.05) is 13.8 Å².